The molecule has 2 aromatic rings. The summed E-state index contributed by atoms with van der Waals surface area (Å²) in [5, 5.41) is 0. The highest BCUT2D eigenvalue weighted by atomic mass is 35.5. The van der Waals surface area contributed by atoms with Crippen LogP contribution in [0.2, 0.25) is 0 Å². The first-order valence-corrected chi connectivity index (χ1v) is 8.20. The monoisotopic (exact) mass is 347 g/mol. The maximum absolute atomic E-state index is 5.88. The van der Waals surface area contributed by atoms with E-state index in [1.165, 1.54) is 12.0 Å². The minimum absolute atomic E-state index is 0. The molecule has 1 aliphatic heterocycles. The van der Waals surface area contributed by atoms with Gasteiger partial charge < -0.3 is 10.5 Å². The van der Waals surface area contributed by atoms with E-state index in [-0.39, 0.29) is 17.8 Å². The van der Waals surface area contributed by atoms with E-state index in [0.717, 1.165) is 37.5 Å². The lowest BCUT2D eigenvalue weighted by atomic mass is 9.90. The first-order chi connectivity index (χ1) is 11.2. The second-order valence-electron chi connectivity index (χ2n) is 6.76. The number of nitrogens with two attached hydrogens (primary N) is 1. The molecule has 1 aromatic carbocycles. The number of hydrogen-bond donors (Lipinski definition) is 1. The van der Waals surface area contributed by atoms with Gasteiger partial charge in [-0.25, -0.2) is 0 Å². The van der Waals surface area contributed by atoms with Crippen molar-refractivity contribution in [2.24, 2.45) is 11.1 Å². The molecule has 0 amide bonds. The summed E-state index contributed by atoms with van der Waals surface area (Å²) in [6.45, 7) is 6.83. The molecule has 0 aliphatic carbocycles. The summed E-state index contributed by atoms with van der Waals surface area (Å²) in [5.41, 5.74) is 8.61. The molecule has 0 spiro atoms. The van der Waals surface area contributed by atoms with Crippen molar-refractivity contribution in [3.8, 4) is 5.75 Å². The molecule has 1 saturated heterocycles. The normalized spacial score (nSPS) is 20.6. The molecule has 0 bridgehead atoms. The number of halogens is 1. The van der Waals surface area contributed by atoms with Gasteiger partial charge in [0, 0.05) is 25.5 Å². The fraction of sp³-hybridized carbons (Fsp3) is 0.421. The van der Waals surface area contributed by atoms with Gasteiger partial charge in [0.1, 0.15) is 12.4 Å². The largest absolute Gasteiger partial charge is 0.489 e. The van der Waals surface area contributed by atoms with Crippen LogP contribution in [0.15, 0.2) is 48.8 Å². The molecular formula is C19H26ClN3O. The van der Waals surface area contributed by atoms with E-state index in [1.54, 1.807) is 12.4 Å². The van der Waals surface area contributed by atoms with E-state index in [2.05, 4.69) is 41.1 Å². The lowest BCUT2D eigenvalue weighted by Crippen LogP contribution is -2.31. The zero-order chi connectivity index (χ0) is 16.1. The van der Waals surface area contributed by atoms with Crippen LogP contribution in [0, 0.1) is 5.41 Å². The van der Waals surface area contributed by atoms with E-state index < -0.39 is 0 Å². The first kappa shape index (κ1) is 18.7. The summed E-state index contributed by atoms with van der Waals surface area (Å²) in [6.07, 6.45) is 4.76. The number of pyridine rings is 1. The summed E-state index contributed by atoms with van der Waals surface area (Å²) in [5.74, 6) is 0.902. The standard InChI is InChI=1S/C19H25N3O.ClH/c1-19(14-20)8-11-22(15-19)12-16-2-4-18(5-3-16)23-13-17-6-9-21-10-7-17;/h2-7,9-10H,8,11-15,20H2,1H3;1H. The number of aromatic nitrogens is 1. The molecule has 4 nitrogen and oxygen atoms in total. The Bertz CT molecular complexity index is 620. The van der Waals surface area contributed by atoms with Gasteiger partial charge in [-0.05, 0) is 60.3 Å². The maximum atomic E-state index is 5.88. The van der Waals surface area contributed by atoms with Crippen molar-refractivity contribution in [1.82, 2.24) is 9.88 Å². The first-order valence-electron chi connectivity index (χ1n) is 8.20. The highest BCUT2D eigenvalue weighted by Crippen LogP contribution is 2.29. The zero-order valence-electron chi connectivity index (χ0n) is 14.1. The van der Waals surface area contributed by atoms with Crippen molar-refractivity contribution < 1.29 is 4.74 Å². The van der Waals surface area contributed by atoms with E-state index in [4.69, 9.17) is 10.5 Å². The predicted molar refractivity (Wildman–Crippen MR) is 99.3 cm³/mol. The molecule has 3 rings (SSSR count). The summed E-state index contributed by atoms with van der Waals surface area (Å²) >= 11 is 0. The Balaban J connectivity index is 0.00000208. The van der Waals surface area contributed by atoms with Crippen molar-refractivity contribution in [1.29, 1.82) is 0 Å². The van der Waals surface area contributed by atoms with Crippen LogP contribution in [0.3, 0.4) is 0 Å². The van der Waals surface area contributed by atoms with Gasteiger partial charge in [0.25, 0.3) is 0 Å². The van der Waals surface area contributed by atoms with E-state index in [9.17, 15) is 0 Å². The molecule has 2 N–H and O–H groups in total. The Morgan fingerprint density at radius 2 is 1.83 bits per heavy atom. The molecule has 2 heterocycles. The van der Waals surface area contributed by atoms with Crippen molar-refractivity contribution >= 4 is 12.4 Å². The van der Waals surface area contributed by atoms with Gasteiger partial charge in [0.05, 0.1) is 0 Å². The molecule has 1 unspecified atom stereocenters. The predicted octanol–water partition coefficient (Wildman–Crippen LogP) is 3.25. The fourth-order valence-electron chi connectivity index (χ4n) is 3.02. The highest BCUT2D eigenvalue weighted by molar-refractivity contribution is 5.85. The zero-order valence-corrected chi connectivity index (χ0v) is 15.0. The average molecular weight is 348 g/mol. The van der Waals surface area contributed by atoms with Crippen LogP contribution >= 0.6 is 12.4 Å². The molecule has 1 fully saturated rings. The molecule has 0 radical (unpaired) electrons. The number of hydrogen-bond acceptors (Lipinski definition) is 4. The van der Waals surface area contributed by atoms with Crippen LogP contribution < -0.4 is 10.5 Å². The minimum Gasteiger partial charge on any atom is -0.489 e. The Kier molecular flexibility index (Phi) is 6.60. The topological polar surface area (TPSA) is 51.4 Å². The van der Waals surface area contributed by atoms with Crippen LogP contribution in [-0.2, 0) is 13.2 Å². The molecule has 5 heteroatoms. The molecule has 1 aromatic heterocycles. The second kappa shape index (κ2) is 8.47. The third-order valence-electron chi connectivity index (χ3n) is 4.61. The van der Waals surface area contributed by atoms with Crippen LogP contribution in [0.1, 0.15) is 24.5 Å². The highest BCUT2D eigenvalue weighted by Gasteiger charge is 2.32. The van der Waals surface area contributed by atoms with Gasteiger partial charge in [-0.1, -0.05) is 19.1 Å². The number of likely N-dealkylation sites (tertiary alicyclic amines) is 1. The minimum atomic E-state index is 0. The van der Waals surface area contributed by atoms with Gasteiger partial charge in [0.2, 0.25) is 0 Å². The Hall–Kier alpha value is -1.62. The van der Waals surface area contributed by atoms with Crippen molar-refractivity contribution in [2.75, 3.05) is 19.6 Å². The lowest BCUT2D eigenvalue weighted by Gasteiger charge is -2.22. The van der Waals surface area contributed by atoms with Crippen LogP contribution in [-0.4, -0.2) is 29.5 Å². The van der Waals surface area contributed by atoms with E-state index in [0.29, 0.717) is 6.61 Å². The number of rotatable bonds is 6. The summed E-state index contributed by atoms with van der Waals surface area (Å²) < 4.78 is 5.81. The van der Waals surface area contributed by atoms with Crippen LogP contribution in [0.4, 0.5) is 0 Å². The smallest absolute Gasteiger partial charge is 0.119 e. The van der Waals surface area contributed by atoms with Gasteiger partial charge in [-0.15, -0.1) is 12.4 Å². The third kappa shape index (κ3) is 4.94. The summed E-state index contributed by atoms with van der Waals surface area (Å²) in [6, 6.07) is 12.3. The van der Waals surface area contributed by atoms with Gasteiger partial charge in [-0.3, -0.25) is 9.88 Å². The number of nitrogens with zero attached hydrogens (tertiary/aromatic N) is 2. The molecule has 1 aliphatic rings. The number of benzene rings is 1. The van der Waals surface area contributed by atoms with Crippen LogP contribution in [0.5, 0.6) is 5.75 Å². The molecule has 1 atom stereocenters. The van der Waals surface area contributed by atoms with Crippen LogP contribution in [0.25, 0.3) is 0 Å². The third-order valence-corrected chi connectivity index (χ3v) is 4.61. The quantitative estimate of drug-likeness (QED) is 0.871. The molecule has 0 saturated carbocycles. The Morgan fingerprint density at radius 1 is 1.12 bits per heavy atom. The van der Waals surface area contributed by atoms with Gasteiger partial charge in [-0.2, -0.15) is 0 Å². The van der Waals surface area contributed by atoms with E-state index >= 15 is 0 Å². The van der Waals surface area contributed by atoms with Crippen molar-refractivity contribution in [2.45, 2.75) is 26.5 Å². The summed E-state index contributed by atoms with van der Waals surface area (Å²) in [4.78, 5) is 6.49. The molecule has 130 valence electrons. The SMILES string of the molecule is CC1(CN)CCN(Cc2ccc(OCc3ccncc3)cc2)C1.Cl. The van der Waals surface area contributed by atoms with E-state index in [1.807, 2.05) is 12.1 Å². The Morgan fingerprint density at radius 3 is 2.46 bits per heavy atom. The molecule has 24 heavy (non-hydrogen) atoms. The Labute approximate surface area is 150 Å². The second-order valence-corrected chi connectivity index (χ2v) is 6.76. The summed E-state index contributed by atoms with van der Waals surface area (Å²) in [7, 11) is 0. The molecular weight excluding hydrogens is 322 g/mol. The maximum Gasteiger partial charge on any atom is 0.119 e. The van der Waals surface area contributed by atoms with Crippen molar-refractivity contribution in [3.05, 3.63) is 59.9 Å². The van der Waals surface area contributed by atoms with Gasteiger partial charge in [0.15, 0.2) is 0 Å². The van der Waals surface area contributed by atoms with Crippen molar-refractivity contribution in [3.63, 3.8) is 0 Å². The fourth-order valence-corrected chi connectivity index (χ4v) is 3.02. The van der Waals surface area contributed by atoms with Gasteiger partial charge >= 0.3 is 0 Å². The number of ether oxygens (including phenoxy) is 1. The lowest BCUT2D eigenvalue weighted by molar-refractivity contribution is 0.274. The average Bonchev–Trinajstić information content (AvgIpc) is 2.97.